The number of hydrogen-bond acceptors (Lipinski definition) is 2. The number of rotatable bonds is 3. The van der Waals surface area contributed by atoms with E-state index < -0.39 is 6.04 Å². The van der Waals surface area contributed by atoms with Crippen LogP contribution in [0.3, 0.4) is 0 Å². The monoisotopic (exact) mass is 310 g/mol. The summed E-state index contributed by atoms with van der Waals surface area (Å²) in [6.45, 7) is 0.235. The molecule has 0 radical (unpaired) electrons. The summed E-state index contributed by atoms with van der Waals surface area (Å²) in [5.74, 6) is -0.354. The van der Waals surface area contributed by atoms with Gasteiger partial charge in [-0.1, -0.05) is 18.2 Å². The normalized spacial score (nSPS) is 12.4. The van der Waals surface area contributed by atoms with Gasteiger partial charge in [0.25, 0.3) is 5.56 Å². The van der Waals surface area contributed by atoms with E-state index in [0.717, 1.165) is 4.47 Å². The zero-order chi connectivity index (χ0) is 13.1. The van der Waals surface area contributed by atoms with Gasteiger partial charge in [-0.15, -0.1) is 0 Å². The van der Waals surface area contributed by atoms with Gasteiger partial charge in [0.05, 0.1) is 6.04 Å². The molecule has 1 heterocycles. The molecule has 5 heteroatoms. The van der Waals surface area contributed by atoms with Gasteiger partial charge in [0, 0.05) is 28.8 Å². The van der Waals surface area contributed by atoms with Crippen molar-refractivity contribution in [3.8, 4) is 0 Å². The van der Waals surface area contributed by atoms with Crippen LogP contribution in [0.5, 0.6) is 0 Å². The molecule has 1 aromatic carbocycles. The lowest BCUT2D eigenvalue weighted by atomic mass is 10.1. The van der Waals surface area contributed by atoms with Gasteiger partial charge < -0.3 is 10.3 Å². The lowest BCUT2D eigenvalue weighted by molar-refractivity contribution is 0.523. The van der Waals surface area contributed by atoms with Crippen molar-refractivity contribution in [3.63, 3.8) is 0 Å². The van der Waals surface area contributed by atoms with Crippen molar-refractivity contribution in [1.82, 2.24) is 4.57 Å². The average Bonchev–Trinajstić information content (AvgIpc) is 2.34. The molecule has 2 aromatic rings. The van der Waals surface area contributed by atoms with Gasteiger partial charge in [0.1, 0.15) is 5.82 Å². The van der Waals surface area contributed by atoms with Crippen LogP contribution >= 0.6 is 15.9 Å². The van der Waals surface area contributed by atoms with E-state index in [1.165, 1.54) is 16.7 Å². The molecule has 1 unspecified atom stereocenters. The minimum atomic E-state index is -0.557. The quantitative estimate of drug-likeness (QED) is 0.946. The van der Waals surface area contributed by atoms with Crippen LogP contribution in [-0.4, -0.2) is 4.57 Å². The van der Waals surface area contributed by atoms with Crippen LogP contribution in [0, 0.1) is 5.82 Å². The lowest BCUT2D eigenvalue weighted by Gasteiger charge is -2.14. The molecule has 0 aliphatic rings. The number of halogens is 2. The number of nitrogens with zero attached hydrogens (tertiary/aromatic N) is 1. The first-order valence-electron chi connectivity index (χ1n) is 5.44. The van der Waals surface area contributed by atoms with Crippen molar-refractivity contribution in [3.05, 3.63) is 68.8 Å². The first-order valence-corrected chi connectivity index (χ1v) is 6.23. The van der Waals surface area contributed by atoms with E-state index in [0.29, 0.717) is 5.56 Å². The zero-order valence-electron chi connectivity index (χ0n) is 9.51. The van der Waals surface area contributed by atoms with Crippen LogP contribution in [0.1, 0.15) is 11.6 Å². The summed E-state index contributed by atoms with van der Waals surface area (Å²) >= 11 is 3.28. The highest BCUT2D eigenvalue weighted by molar-refractivity contribution is 9.10. The van der Waals surface area contributed by atoms with Gasteiger partial charge in [-0.2, -0.15) is 0 Å². The van der Waals surface area contributed by atoms with E-state index in [2.05, 4.69) is 15.9 Å². The van der Waals surface area contributed by atoms with Crippen LogP contribution < -0.4 is 11.3 Å². The van der Waals surface area contributed by atoms with E-state index in [1.807, 2.05) is 0 Å². The minimum Gasteiger partial charge on any atom is -0.322 e. The van der Waals surface area contributed by atoms with Crippen LogP contribution in [0.4, 0.5) is 4.39 Å². The molecule has 0 amide bonds. The molecule has 1 atom stereocenters. The van der Waals surface area contributed by atoms with Gasteiger partial charge in [-0.3, -0.25) is 4.79 Å². The van der Waals surface area contributed by atoms with Gasteiger partial charge >= 0.3 is 0 Å². The fraction of sp³-hybridized carbons (Fsp3) is 0.154. The maximum absolute atomic E-state index is 13.5. The van der Waals surface area contributed by atoms with Crippen LogP contribution in [0.15, 0.2) is 51.9 Å². The Labute approximate surface area is 112 Å². The maximum Gasteiger partial charge on any atom is 0.250 e. The summed E-state index contributed by atoms with van der Waals surface area (Å²) in [6.07, 6.45) is 1.64. The van der Waals surface area contributed by atoms with Crippen LogP contribution in [0.2, 0.25) is 0 Å². The molecular formula is C13H12BrFN2O. The van der Waals surface area contributed by atoms with Crippen LogP contribution in [0.25, 0.3) is 0 Å². The third-order valence-electron chi connectivity index (χ3n) is 2.65. The number of nitrogens with two attached hydrogens (primary N) is 1. The summed E-state index contributed by atoms with van der Waals surface area (Å²) in [6, 6.07) is 8.87. The zero-order valence-corrected chi connectivity index (χ0v) is 11.1. The number of hydrogen-bond donors (Lipinski definition) is 1. The molecule has 0 aliphatic carbocycles. The van der Waals surface area contributed by atoms with E-state index in [9.17, 15) is 9.18 Å². The highest BCUT2D eigenvalue weighted by Crippen LogP contribution is 2.16. The molecule has 3 nitrogen and oxygen atoms in total. The van der Waals surface area contributed by atoms with Crippen molar-refractivity contribution < 1.29 is 4.39 Å². The Kier molecular flexibility index (Phi) is 3.93. The molecule has 18 heavy (non-hydrogen) atoms. The fourth-order valence-electron chi connectivity index (χ4n) is 1.73. The molecule has 0 fully saturated rings. The summed E-state index contributed by atoms with van der Waals surface area (Å²) in [7, 11) is 0. The number of aromatic nitrogens is 1. The molecule has 1 aromatic heterocycles. The summed E-state index contributed by atoms with van der Waals surface area (Å²) in [5.41, 5.74) is 6.18. The summed E-state index contributed by atoms with van der Waals surface area (Å²) < 4.78 is 15.8. The topological polar surface area (TPSA) is 48.0 Å². The van der Waals surface area contributed by atoms with Crippen LogP contribution in [-0.2, 0) is 6.54 Å². The largest absolute Gasteiger partial charge is 0.322 e. The fourth-order valence-corrected chi connectivity index (χ4v) is 2.11. The van der Waals surface area contributed by atoms with E-state index in [4.69, 9.17) is 5.73 Å². The SMILES string of the molecule is NC(Cn1cc(Br)ccc1=O)c1ccccc1F. The summed E-state index contributed by atoms with van der Waals surface area (Å²) in [5, 5.41) is 0. The Balaban J connectivity index is 2.27. The first kappa shape index (κ1) is 13.0. The number of pyridine rings is 1. The van der Waals surface area contributed by atoms with Crippen molar-refractivity contribution in [2.24, 2.45) is 5.73 Å². The second-order valence-electron chi connectivity index (χ2n) is 3.97. The Hall–Kier alpha value is -1.46. The van der Waals surface area contributed by atoms with E-state index in [-0.39, 0.29) is 17.9 Å². The Morgan fingerprint density at radius 2 is 2.00 bits per heavy atom. The highest BCUT2D eigenvalue weighted by atomic mass is 79.9. The standard InChI is InChI=1S/C13H12BrFN2O/c14-9-5-6-13(18)17(7-9)8-12(16)10-3-1-2-4-11(10)15/h1-7,12H,8,16H2. The van der Waals surface area contributed by atoms with Gasteiger partial charge in [-0.05, 0) is 28.1 Å². The molecule has 2 N–H and O–H groups in total. The molecule has 0 spiro atoms. The van der Waals surface area contributed by atoms with Crippen molar-refractivity contribution >= 4 is 15.9 Å². The molecule has 0 saturated carbocycles. The van der Waals surface area contributed by atoms with Crippen molar-refractivity contribution in [2.75, 3.05) is 0 Å². The third-order valence-corrected chi connectivity index (χ3v) is 3.11. The first-order chi connectivity index (χ1) is 8.58. The van der Waals surface area contributed by atoms with Gasteiger partial charge in [-0.25, -0.2) is 4.39 Å². The van der Waals surface area contributed by atoms with Gasteiger partial charge in [0.2, 0.25) is 0 Å². The Bertz CT molecular complexity index is 612. The maximum atomic E-state index is 13.5. The third kappa shape index (κ3) is 2.86. The number of benzene rings is 1. The Morgan fingerprint density at radius 1 is 1.28 bits per heavy atom. The lowest BCUT2D eigenvalue weighted by Crippen LogP contribution is -2.26. The minimum absolute atomic E-state index is 0.162. The molecule has 0 saturated heterocycles. The molecule has 0 bridgehead atoms. The van der Waals surface area contributed by atoms with Gasteiger partial charge in [0.15, 0.2) is 0 Å². The molecular weight excluding hydrogens is 299 g/mol. The van der Waals surface area contributed by atoms with Crippen molar-refractivity contribution in [2.45, 2.75) is 12.6 Å². The highest BCUT2D eigenvalue weighted by Gasteiger charge is 2.12. The van der Waals surface area contributed by atoms with E-state index in [1.54, 1.807) is 30.5 Å². The predicted octanol–water partition coefficient (Wildman–Crippen LogP) is 2.45. The van der Waals surface area contributed by atoms with Crippen molar-refractivity contribution in [1.29, 1.82) is 0 Å². The smallest absolute Gasteiger partial charge is 0.250 e. The molecule has 94 valence electrons. The Morgan fingerprint density at radius 3 is 2.72 bits per heavy atom. The molecule has 0 aliphatic heterocycles. The second-order valence-corrected chi connectivity index (χ2v) is 4.88. The second kappa shape index (κ2) is 5.46. The van der Waals surface area contributed by atoms with E-state index >= 15 is 0 Å². The average molecular weight is 311 g/mol. The molecule has 2 rings (SSSR count). The summed E-state index contributed by atoms with van der Waals surface area (Å²) in [4.78, 5) is 11.6. The predicted molar refractivity (Wildman–Crippen MR) is 71.7 cm³/mol.